The summed E-state index contributed by atoms with van der Waals surface area (Å²) in [7, 11) is 0. The summed E-state index contributed by atoms with van der Waals surface area (Å²) in [6, 6.07) is -1.11. The molecule has 0 aromatic heterocycles. The van der Waals surface area contributed by atoms with E-state index in [1.165, 1.54) is 0 Å². The van der Waals surface area contributed by atoms with Gasteiger partial charge >= 0.3 is 11.9 Å². The quantitative estimate of drug-likeness (QED) is 0.179. The number of hydrogen-bond acceptors (Lipinski definition) is 16. The van der Waals surface area contributed by atoms with E-state index in [0.717, 1.165) is 6.08 Å². The van der Waals surface area contributed by atoms with Crippen LogP contribution >= 0.6 is 0 Å². The third kappa shape index (κ3) is 18.2. The van der Waals surface area contributed by atoms with Gasteiger partial charge in [0, 0.05) is 31.1 Å². The van der Waals surface area contributed by atoms with Crippen LogP contribution < -0.4 is 5.73 Å². The summed E-state index contributed by atoms with van der Waals surface area (Å²) < 4.78 is 23.3. The van der Waals surface area contributed by atoms with Gasteiger partial charge in [-0.2, -0.15) is 0 Å². The number of carboxylic acids is 1. The fourth-order valence-electron chi connectivity index (χ4n) is 7.52. The minimum Gasteiger partial charge on any atom is -0.494 e. The normalized spacial score (nSPS) is 43.5. The smallest absolute Gasteiger partial charge is 0.313 e. The van der Waals surface area contributed by atoms with Gasteiger partial charge in [-0.3, -0.25) is 9.59 Å². The predicted octanol–water partition coefficient (Wildman–Crippen LogP) is 1.52. The lowest BCUT2D eigenvalue weighted by atomic mass is 9.88. The number of carbonyl (C=O) groups is 2. The lowest BCUT2D eigenvalue weighted by Gasteiger charge is -2.41. The average molecular weight is 906 g/mol. The van der Waals surface area contributed by atoms with E-state index in [4.69, 9.17) is 24.7 Å². The zero-order chi connectivity index (χ0) is 47.5. The highest BCUT2D eigenvalue weighted by Gasteiger charge is 2.44. The number of cyclic esters (lactones) is 1. The van der Waals surface area contributed by atoms with Crippen molar-refractivity contribution in [3.63, 3.8) is 0 Å². The summed E-state index contributed by atoms with van der Waals surface area (Å²) in [5.74, 6) is -4.27. The minimum atomic E-state index is -1.56. The van der Waals surface area contributed by atoms with Gasteiger partial charge in [-0.15, -0.1) is 0 Å². The van der Waals surface area contributed by atoms with E-state index in [9.17, 15) is 60.7 Å². The Morgan fingerprint density at radius 2 is 1.20 bits per heavy atom. The number of aliphatic carboxylic acids is 1. The second-order valence-corrected chi connectivity index (χ2v) is 17.0. The van der Waals surface area contributed by atoms with Crippen LogP contribution in [-0.4, -0.2) is 155 Å². The first kappa shape index (κ1) is 54.5. The molecule has 0 unspecified atom stereocenters. The van der Waals surface area contributed by atoms with E-state index < -0.39 is 122 Å². The highest BCUT2D eigenvalue weighted by Crippen LogP contribution is 2.32. The lowest BCUT2D eigenvalue weighted by molar-refractivity contribution is -0.277. The molecule has 0 aromatic carbocycles. The number of carbonyl (C=O) groups excluding carboxylic acids is 1. The first-order valence-corrected chi connectivity index (χ1v) is 22.0. The number of nitrogens with two attached hydrogens (primary N) is 1. The maximum absolute atomic E-state index is 12.6. The van der Waals surface area contributed by atoms with Crippen molar-refractivity contribution >= 4 is 11.9 Å². The van der Waals surface area contributed by atoms with Gasteiger partial charge in [-0.25, -0.2) is 0 Å². The number of fused-ring (bicyclic) bond motifs is 2. The molecule has 3 aliphatic heterocycles. The molecule has 17 heteroatoms. The van der Waals surface area contributed by atoms with Crippen LogP contribution in [0.2, 0.25) is 0 Å². The van der Waals surface area contributed by atoms with Crippen molar-refractivity contribution in [1.82, 2.24) is 0 Å². The molecule has 0 amide bonds. The maximum atomic E-state index is 12.6. The van der Waals surface area contributed by atoms with Gasteiger partial charge in [-0.05, 0) is 39.2 Å². The van der Waals surface area contributed by atoms with E-state index in [2.05, 4.69) is 0 Å². The molecule has 1 fully saturated rings. The zero-order valence-electron chi connectivity index (χ0n) is 37.0. The van der Waals surface area contributed by atoms with Crippen LogP contribution in [-0.2, 0) is 28.5 Å². The first-order valence-electron chi connectivity index (χ1n) is 22.0. The van der Waals surface area contributed by atoms with E-state index in [1.807, 2.05) is 37.3 Å². The maximum Gasteiger partial charge on any atom is 0.313 e. The number of rotatable bonds is 3. The van der Waals surface area contributed by atoms with E-state index in [-0.39, 0.29) is 50.2 Å². The largest absolute Gasteiger partial charge is 0.494 e. The van der Waals surface area contributed by atoms with Gasteiger partial charge in [-0.1, -0.05) is 98.9 Å². The summed E-state index contributed by atoms with van der Waals surface area (Å²) in [5, 5.41) is 106. The van der Waals surface area contributed by atoms with E-state index in [1.54, 1.807) is 75.5 Å². The summed E-state index contributed by atoms with van der Waals surface area (Å²) >= 11 is 0. The predicted molar refractivity (Wildman–Crippen MR) is 236 cm³/mol. The fraction of sp³-hybridized carbons (Fsp3) is 0.617. The molecule has 12 N–H and O–H groups in total. The molecule has 18 atom stereocenters. The SMILES string of the molecule is C[C@@H]1[C@H](O)[C@@H](C)\C=C/C=C/C=C/C=C/C=C/C=C/C=C/[C@H](O[C@@H]2O[C@H](C)[C@@H](O)[C@H](N)[C@@H]2O)C[C@@H]2OC(=C[C@H](O)[C@H]2C(=O)O)C[C@@H](O)C[C@@H](O)[C@H](O)CC[C@@H](O)C[C@@H](O)CC(=O)O[C@H]1C. The van der Waals surface area contributed by atoms with Gasteiger partial charge in [0.05, 0.1) is 79.3 Å². The molecule has 360 valence electrons. The van der Waals surface area contributed by atoms with Crippen LogP contribution in [0.4, 0.5) is 0 Å². The Bertz CT molecular complexity index is 1670. The molecule has 3 heterocycles. The third-order valence-corrected chi connectivity index (χ3v) is 11.6. The average Bonchev–Trinajstić information content (AvgIpc) is 3.22. The van der Waals surface area contributed by atoms with E-state index >= 15 is 0 Å². The number of hydrogen-bond donors (Lipinski definition) is 11. The third-order valence-electron chi connectivity index (χ3n) is 11.6. The number of aliphatic hydroxyl groups is 9. The van der Waals surface area contributed by atoms with E-state index in [0.29, 0.717) is 0 Å². The number of aliphatic hydroxyl groups excluding tert-OH is 9. The second-order valence-electron chi connectivity index (χ2n) is 17.0. The Balaban J connectivity index is 1.84. The molecule has 0 saturated carbocycles. The number of ether oxygens (including phenoxy) is 4. The molecule has 17 nitrogen and oxygen atoms in total. The van der Waals surface area contributed by atoms with Crippen LogP contribution in [0.5, 0.6) is 0 Å². The molecular weight excluding hydrogens is 835 g/mol. The van der Waals surface area contributed by atoms with Crippen molar-refractivity contribution in [3.05, 3.63) is 96.9 Å². The van der Waals surface area contributed by atoms with Crippen LogP contribution in [0.3, 0.4) is 0 Å². The van der Waals surface area contributed by atoms with Crippen LogP contribution in [0.1, 0.15) is 72.6 Å². The van der Waals surface area contributed by atoms with Crippen molar-refractivity contribution < 1.29 is 79.6 Å². The standard InChI is InChI=1S/C47H71NO16/c1-27-17-15-13-11-9-7-5-6-8-10-12-14-16-18-34(64-47-45(58)42(48)44(57)30(4)62-47)26-39-41(46(59)60)38(54)25-35(63-39)22-33(51)23-37(53)36(52)20-19-31(49)21-32(50)24-40(55)61-29(3)28(2)43(27)56/h5-18,25,27-34,36-39,41-45,47,49-54,56-58H,19-24,26,48H2,1-4H3,(H,59,60)/b6-5+,9-7+,10-8+,13-11+,14-12+,17-15-,18-16+/t27-,28-,29-,30+,31+,32+,33+,34-,36+,37+,38-,39-,41+,42-,43+,44+,45-,47-/m0/s1. The molecule has 64 heavy (non-hydrogen) atoms. The molecule has 2 bridgehead atoms. The van der Waals surface area contributed by atoms with Gasteiger partial charge in [0.2, 0.25) is 0 Å². The Labute approximate surface area is 375 Å². The van der Waals surface area contributed by atoms with Crippen molar-refractivity contribution in [2.75, 3.05) is 0 Å². The molecule has 3 rings (SSSR count). The van der Waals surface area contributed by atoms with Crippen LogP contribution in [0.15, 0.2) is 96.9 Å². The Morgan fingerprint density at radius 1 is 0.641 bits per heavy atom. The number of esters is 1. The van der Waals surface area contributed by atoms with Crippen LogP contribution in [0.25, 0.3) is 0 Å². The molecule has 0 aromatic rings. The molecular formula is C47H71NO16. The minimum absolute atomic E-state index is 0.0150. The second kappa shape index (κ2) is 27.6. The van der Waals surface area contributed by atoms with Gasteiger partial charge in [0.15, 0.2) is 6.29 Å². The summed E-state index contributed by atoms with van der Waals surface area (Å²) in [4.78, 5) is 25.0. The van der Waals surface area contributed by atoms with Crippen molar-refractivity contribution in [2.45, 2.75) is 164 Å². The van der Waals surface area contributed by atoms with Crippen molar-refractivity contribution in [3.8, 4) is 0 Å². The van der Waals surface area contributed by atoms with Gasteiger partial charge in [0.1, 0.15) is 24.2 Å². The Kier molecular flexibility index (Phi) is 23.5. The topological polar surface area (TPSA) is 299 Å². The highest BCUT2D eigenvalue weighted by atomic mass is 16.7. The lowest BCUT2D eigenvalue weighted by Crippen LogP contribution is -2.61. The number of carboxylic acid groups (broad SMARTS) is 1. The Hall–Kier alpha value is -3.82. The first-order chi connectivity index (χ1) is 30.3. The van der Waals surface area contributed by atoms with Crippen LogP contribution in [0, 0.1) is 17.8 Å². The molecule has 0 spiro atoms. The molecule has 0 radical (unpaired) electrons. The van der Waals surface area contributed by atoms with Crippen molar-refractivity contribution in [1.29, 1.82) is 0 Å². The van der Waals surface area contributed by atoms with Gasteiger partial charge < -0.3 is 75.7 Å². The van der Waals surface area contributed by atoms with Crippen molar-refractivity contribution in [2.24, 2.45) is 23.5 Å². The summed E-state index contributed by atoms with van der Waals surface area (Å²) in [6.45, 7) is 6.79. The monoisotopic (exact) mass is 905 g/mol. The molecule has 0 aliphatic carbocycles. The molecule has 3 aliphatic rings. The number of allylic oxidation sites excluding steroid dienone is 12. The Morgan fingerprint density at radius 3 is 1.80 bits per heavy atom. The summed E-state index contributed by atoms with van der Waals surface area (Å²) in [6.07, 6.45) is 7.39. The van der Waals surface area contributed by atoms with Gasteiger partial charge in [0.25, 0.3) is 0 Å². The fourth-order valence-corrected chi connectivity index (χ4v) is 7.52. The highest BCUT2D eigenvalue weighted by molar-refractivity contribution is 5.72. The summed E-state index contributed by atoms with van der Waals surface area (Å²) in [5.41, 5.74) is 6.03. The zero-order valence-corrected chi connectivity index (χ0v) is 37.0. The molecule has 1 saturated heterocycles.